The molecule has 0 aromatic heterocycles. The lowest BCUT2D eigenvalue weighted by Gasteiger charge is -2.26. The van der Waals surface area contributed by atoms with Gasteiger partial charge in [-0.1, -0.05) is 24.3 Å². The van der Waals surface area contributed by atoms with Crippen molar-refractivity contribution in [3.63, 3.8) is 0 Å². The van der Waals surface area contributed by atoms with Gasteiger partial charge in [0, 0.05) is 4.47 Å². The summed E-state index contributed by atoms with van der Waals surface area (Å²) in [7, 11) is 0. The van der Waals surface area contributed by atoms with Crippen LogP contribution in [0.15, 0.2) is 53.0 Å². The van der Waals surface area contributed by atoms with E-state index in [2.05, 4.69) is 32.1 Å². The lowest BCUT2D eigenvalue weighted by molar-refractivity contribution is -0.135. The van der Waals surface area contributed by atoms with Crippen molar-refractivity contribution in [1.82, 2.24) is 16.2 Å². The van der Waals surface area contributed by atoms with Gasteiger partial charge >= 0.3 is 0 Å². The van der Waals surface area contributed by atoms with Gasteiger partial charge in [-0.3, -0.25) is 25.2 Å². The summed E-state index contributed by atoms with van der Waals surface area (Å²) < 4.78 is 11.8. The zero-order chi connectivity index (χ0) is 22.2. The van der Waals surface area contributed by atoms with Gasteiger partial charge in [0.1, 0.15) is 12.6 Å². The van der Waals surface area contributed by atoms with Gasteiger partial charge < -0.3 is 14.8 Å². The van der Waals surface area contributed by atoms with Crippen LogP contribution in [0, 0.1) is 0 Å². The summed E-state index contributed by atoms with van der Waals surface area (Å²) in [6, 6.07) is 13.1. The molecule has 0 radical (unpaired) electrons. The Balaban J connectivity index is 1.57. The molecule has 0 aliphatic carbocycles. The molecule has 0 spiro atoms. The predicted octanol–water partition coefficient (Wildman–Crippen LogP) is 2.29. The number of ether oxygens (including phenoxy) is 2. The van der Waals surface area contributed by atoms with Crippen LogP contribution in [0.1, 0.15) is 16.8 Å². The summed E-state index contributed by atoms with van der Waals surface area (Å²) in [4.78, 5) is 37.7. The van der Waals surface area contributed by atoms with Gasteiger partial charge in [-0.15, -0.1) is 0 Å². The summed E-state index contributed by atoms with van der Waals surface area (Å²) in [6.45, 7) is 0.0212. The molecule has 0 saturated heterocycles. The second-order valence-electron chi connectivity index (χ2n) is 6.63. The highest BCUT2D eigenvalue weighted by atomic mass is 79.9. The molecular formula is C21H22BrN3O5S. The van der Waals surface area contributed by atoms with E-state index < -0.39 is 24.0 Å². The molecule has 3 rings (SSSR count). The van der Waals surface area contributed by atoms with Crippen molar-refractivity contribution in [3.8, 4) is 11.5 Å². The average molecular weight is 508 g/mol. The molecule has 1 heterocycles. The van der Waals surface area contributed by atoms with Crippen molar-refractivity contribution in [2.75, 3.05) is 18.6 Å². The van der Waals surface area contributed by atoms with Crippen LogP contribution in [0.3, 0.4) is 0 Å². The van der Waals surface area contributed by atoms with Crippen LogP contribution in [-0.4, -0.2) is 48.5 Å². The molecule has 3 amide bonds. The van der Waals surface area contributed by atoms with Gasteiger partial charge in [0.2, 0.25) is 6.10 Å². The van der Waals surface area contributed by atoms with E-state index in [0.29, 0.717) is 33.7 Å². The first-order chi connectivity index (χ1) is 15.0. The Hall–Kier alpha value is -2.72. The molecule has 1 aliphatic rings. The second kappa shape index (κ2) is 11.1. The SMILES string of the molecule is CSCC[C@H](NC(=O)c1ccccc1Br)C(=O)NNC(=O)[C@@H]1COc2ccccc2O1. The number of para-hydroxylation sites is 2. The Bertz CT molecular complexity index is 958. The number of nitrogens with one attached hydrogen (secondary N) is 3. The van der Waals surface area contributed by atoms with E-state index in [1.54, 1.807) is 60.3 Å². The van der Waals surface area contributed by atoms with Crippen LogP contribution in [0.4, 0.5) is 0 Å². The standard InChI is InChI=1S/C21H22BrN3O5S/c1-31-11-10-15(23-19(26)13-6-2-3-7-14(13)22)20(27)24-25-21(28)18-12-29-16-8-4-5-9-17(16)30-18/h2-9,15,18H,10-12H2,1H3,(H,23,26)(H,24,27)(H,25,28)/t15-,18-/m0/s1. The molecule has 2 atom stereocenters. The van der Waals surface area contributed by atoms with Crippen molar-refractivity contribution in [2.45, 2.75) is 18.6 Å². The maximum atomic E-state index is 12.7. The maximum Gasteiger partial charge on any atom is 0.283 e. The first-order valence-corrected chi connectivity index (χ1v) is 11.7. The lowest BCUT2D eigenvalue weighted by atomic mass is 10.1. The number of hydrogen-bond acceptors (Lipinski definition) is 6. The zero-order valence-corrected chi connectivity index (χ0v) is 19.1. The second-order valence-corrected chi connectivity index (χ2v) is 8.47. The normalized spacial score (nSPS) is 15.5. The molecule has 0 fully saturated rings. The van der Waals surface area contributed by atoms with E-state index in [1.807, 2.05) is 6.26 Å². The molecule has 1 aliphatic heterocycles. The number of rotatable bonds is 7. The van der Waals surface area contributed by atoms with Crippen molar-refractivity contribution in [1.29, 1.82) is 0 Å². The minimum Gasteiger partial charge on any atom is -0.485 e. The third-order valence-electron chi connectivity index (χ3n) is 4.46. The fourth-order valence-electron chi connectivity index (χ4n) is 2.83. The molecule has 31 heavy (non-hydrogen) atoms. The van der Waals surface area contributed by atoms with Gasteiger partial charge in [0.15, 0.2) is 11.5 Å². The fourth-order valence-corrected chi connectivity index (χ4v) is 3.76. The molecule has 0 saturated carbocycles. The summed E-state index contributed by atoms with van der Waals surface area (Å²) in [6.07, 6.45) is 1.40. The first kappa shape index (κ1) is 23.0. The largest absolute Gasteiger partial charge is 0.485 e. The summed E-state index contributed by atoms with van der Waals surface area (Å²) in [5.74, 6) is 0.198. The highest BCUT2D eigenvalue weighted by Gasteiger charge is 2.29. The Labute approximate surface area is 192 Å². The number of amides is 3. The minimum absolute atomic E-state index is 0.0212. The van der Waals surface area contributed by atoms with E-state index in [1.165, 1.54) is 0 Å². The molecule has 2 aromatic carbocycles. The number of carbonyl (C=O) groups is 3. The van der Waals surface area contributed by atoms with Gasteiger partial charge in [-0.05, 0) is 58.6 Å². The van der Waals surface area contributed by atoms with Crippen LogP contribution < -0.4 is 25.6 Å². The third kappa shape index (κ3) is 6.14. The summed E-state index contributed by atoms with van der Waals surface area (Å²) in [5.41, 5.74) is 5.14. The number of hydrazine groups is 1. The highest BCUT2D eigenvalue weighted by molar-refractivity contribution is 9.10. The summed E-state index contributed by atoms with van der Waals surface area (Å²) >= 11 is 4.88. The van der Waals surface area contributed by atoms with Crippen molar-refractivity contribution in [3.05, 3.63) is 58.6 Å². The number of benzene rings is 2. The first-order valence-electron chi connectivity index (χ1n) is 9.52. The molecule has 0 unspecified atom stereocenters. The topological polar surface area (TPSA) is 106 Å². The van der Waals surface area contributed by atoms with Crippen molar-refractivity contribution in [2.24, 2.45) is 0 Å². The van der Waals surface area contributed by atoms with Crippen molar-refractivity contribution >= 4 is 45.4 Å². The highest BCUT2D eigenvalue weighted by Crippen LogP contribution is 2.30. The molecule has 0 bridgehead atoms. The van der Waals surface area contributed by atoms with Gasteiger partial charge in [-0.2, -0.15) is 11.8 Å². The number of thioether (sulfide) groups is 1. The molecule has 164 valence electrons. The average Bonchev–Trinajstić information content (AvgIpc) is 2.79. The van der Waals surface area contributed by atoms with Crippen LogP contribution in [0.25, 0.3) is 0 Å². The van der Waals surface area contributed by atoms with Crippen LogP contribution in [0.5, 0.6) is 11.5 Å². The Kier molecular flexibility index (Phi) is 8.19. The Morgan fingerprint density at radius 3 is 2.55 bits per heavy atom. The van der Waals surface area contributed by atoms with Gasteiger partial charge in [-0.25, -0.2) is 0 Å². The maximum absolute atomic E-state index is 12.7. The quantitative estimate of drug-likeness (QED) is 0.496. The Morgan fingerprint density at radius 1 is 1.10 bits per heavy atom. The van der Waals surface area contributed by atoms with E-state index in [9.17, 15) is 14.4 Å². The molecule has 2 aromatic rings. The van der Waals surface area contributed by atoms with E-state index >= 15 is 0 Å². The number of carbonyl (C=O) groups excluding carboxylic acids is 3. The number of hydrogen-bond donors (Lipinski definition) is 3. The Morgan fingerprint density at radius 2 is 1.81 bits per heavy atom. The van der Waals surface area contributed by atoms with E-state index in [0.717, 1.165) is 0 Å². The molecular weight excluding hydrogens is 486 g/mol. The molecule has 3 N–H and O–H groups in total. The van der Waals surface area contributed by atoms with Crippen molar-refractivity contribution < 1.29 is 23.9 Å². The molecule has 10 heteroatoms. The van der Waals surface area contributed by atoms with E-state index in [4.69, 9.17) is 9.47 Å². The van der Waals surface area contributed by atoms with Gasteiger partial charge in [0.25, 0.3) is 17.7 Å². The van der Waals surface area contributed by atoms with Gasteiger partial charge in [0.05, 0.1) is 5.56 Å². The monoisotopic (exact) mass is 507 g/mol. The third-order valence-corrected chi connectivity index (χ3v) is 5.80. The minimum atomic E-state index is -0.908. The number of fused-ring (bicyclic) bond motifs is 1. The van der Waals surface area contributed by atoms with E-state index in [-0.39, 0.29) is 12.5 Å². The van der Waals surface area contributed by atoms with Crippen LogP contribution in [0.2, 0.25) is 0 Å². The summed E-state index contributed by atoms with van der Waals surface area (Å²) in [5, 5.41) is 2.72. The lowest BCUT2D eigenvalue weighted by Crippen LogP contribution is -2.56. The smallest absolute Gasteiger partial charge is 0.283 e. The van der Waals surface area contributed by atoms with Crippen LogP contribution in [-0.2, 0) is 9.59 Å². The fraction of sp³-hybridized carbons (Fsp3) is 0.286. The zero-order valence-electron chi connectivity index (χ0n) is 16.7. The molecule has 8 nitrogen and oxygen atoms in total. The predicted molar refractivity (Wildman–Crippen MR) is 121 cm³/mol. The number of halogens is 1. The van der Waals surface area contributed by atoms with Crippen LogP contribution >= 0.6 is 27.7 Å².